The Morgan fingerprint density at radius 2 is 1.70 bits per heavy atom. The molecule has 0 bridgehead atoms. The van der Waals surface area contributed by atoms with E-state index in [4.69, 9.17) is 19.1 Å². The molecule has 0 aliphatic heterocycles. The van der Waals surface area contributed by atoms with Crippen molar-refractivity contribution < 1.29 is 28.8 Å². The van der Waals surface area contributed by atoms with E-state index in [1.807, 2.05) is 83.3 Å². The number of aromatic hydroxyl groups is 1. The molecule has 1 amide bonds. The molecule has 0 spiro atoms. The van der Waals surface area contributed by atoms with Gasteiger partial charge in [-0.3, -0.25) is 4.99 Å². The summed E-state index contributed by atoms with van der Waals surface area (Å²) in [7, 11) is 3.42. The maximum atomic E-state index is 12.7. The van der Waals surface area contributed by atoms with Gasteiger partial charge in [-0.25, -0.2) is 0 Å². The van der Waals surface area contributed by atoms with Crippen molar-refractivity contribution in [2.75, 3.05) is 38.7 Å². The fraction of sp³-hybridized carbons (Fsp3) is 0.371. The number of hydrogen-bond donors (Lipinski definition) is 4. The second kappa shape index (κ2) is 17.7. The first-order chi connectivity index (χ1) is 22.0. The Kier molecular flexibility index (Phi) is 13.8. The summed E-state index contributed by atoms with van der Waals surface area (Å²) in [5.74, 6) is 0.405. The van der Waals surface area contributed by atoms with E-state index in [2.05, 4.69) is 16.0 Å². The fourth-order valence-electron chi connectivity index (χ4n) is 4.24. The summed E-state index contributed by atoms with van der Waals surface area (Å²) in [5, 5.41) is 18.6. The molecule has 11 heteroatoms. The second-order valence-corrected chi connectivity index (χ2v) is 11.9. The maximum absolute atomic E-state index is 12.7. The van der Waals surface area contributed by atoms with Crippen LogP contribution < -0.4 is 20.7 Å². The Bertz CT molecular complexity index is 1470. The van der Waals surface area contributed by atoms with Gasteiger partial charge in [0, 0.05) is 13.5 Å². The molecule has 0 saturated carbocycles. The van der Waals surface area contributed by atoms with Gasteiger partial charge >= 0.3 is 178 Å². The van der Waals surface area contributed by atoms with E-state index in [9.17, 15) is 14.7 Å². The third-order valence-corrected chi connectivity index (χ3v) is 6.85. The van der Waals surface area contributed by atoms with Gasteiger partial charge in [-0.1, -0.05) is 24.3 Å². The van der Waals surface area contributed by atoms with Gasteiger partial charge in [-0.05, 0) is 18.2 Å². The zero-order valence-electron chi connectivity index (χ0n) is 27.3. The van der Waals surface area contributed by atoms with Crippen LogP contribution in [0.5, 0.6) is 11.5 Å². The van der Waals surface area contributed by atoms with Gasteiger partial charge in [0.05, 0.1) is 17.1 Å². The van der Waals surface area contributed by atoms with E-state index in [1.165, 1.54) is 0 Å². The number of aldehydes is 1. The number of amides is 1. The number of aliphatic imine (C=N–C) groups is 1. The predicted octanol–water partition coefficient (Wildman–Crippen LogP) is 4.44. The number of anilines is 1. The zero-order valence-corrected chi connectivity index (χ0v) is 27.3. The molecule has 244 valence electrons. The van der Waals surface area contributed by atoms with Crippen LogP contribution in [0.1, 0.15) is 45.2 Å². The van der Waals surface area contributed by atoms with Gasteiger partial charge in [0.15, 0.2) is 0 Å². The number of carbonyl (C=O) groups excluding carboxylic acids is 2. The van der Waals surface area contributed by atoms with Crippen molar-refractivity contribution in [2.45, 2.75) is 51.7 Å². The molecular formula is C35H45BN4O6. The van der Waals surface area contributed by atoms with Crippen molar-refractivity contribution in [3.63, 3.8) is 0 Å². The first kappa shape index (κ1) is 35.8. The molecule has 0 aliphatic carbocycles. The summed E-state index contributed by atoms with van der Waals surface area (Å²) >= 11 is 0. The van der Waals surface area contributed by atoms with Crippen molar-refractivity contribution in [3.05, 3.63) is 83.9 Å². The molecule has 0 aliphatic rings. The van der Waals surface area contributed by atoms with Crippen LogP contribution in [0.3, 0.4) is 0 Å². The number of para-hydroxylation sites is 3. The minimum absolute atomic E-state index is 0.0868. The van der Waals surface area contributed by atoms with Crippen LogP contribution in [0.4, 0.5) is 11.4 Å². The van der Waals surface area contributed by atoms with Gasteiger partial charge in [0.25, 0.3) is 0 Å². The Balaban J connectivity index is 1.46. The average Bonchev–Trinajstić information content (AvgIpc) is 3.04. The first-order valence-electron chi connectivity index (χ1n) is 15.3. The van der Waals surface area contributed by atoms with Gasteiger partial charge in [0.2, 0.25) is 0 Å². The molecule has 0 heterocycles. The number of benzene rings is 3. The van der Waals surface area contributed by atoms with E-state index in [1.54, 1.807) is 37.5 Å². The number of ether oxygens (including phenoxy) is 2. The number of hydrogen-bond acceptors (Lipinski definition) is 9. The molecule has 3 aromatic rings. The summed E-state index contributed by atoms with van der Waals surface area (Å²) in [6.45, 7) is 8.71. The monoisotopic (exact) mass is 628 g/mol. The molecule has 3 aromatic carbocycles. The number of nitrogens with one attached hydrogen (secondary N) is 3. The van der Waals surface area contributed by atoms with Gasteiger partial charge in [-0.2, -0.15) is 0 Å². The van der Waals surface area contributed by atoms with Gasteiger partial charge in [-0.15, -0.1) is 0 Å². The first-order valence-corrected chi connectivity index (χ1v) is 15.3. The van der Waals surface area contributed by atoms with Crippen LogP contribution in [0.25, 0.3) is 0 Å². The number of carbonyl (C=O) groups is 2. The summed E-state index contributed by atoms with van der Waals surface area (Å²) in [6, 6.07) is 21.9. The molecule has 46 heavy (non-hydrogen) atoms. The second-order valence-electron chi connectivity index (χ2n) is 11.9. The third kappa shape index (κ3) is 12.4. The van der Waals surface area contributed by atoms with Crippen molar-refractivity contribution in [2.24, 2.45) is 4.99 Å². The number of nitrogens with zero attached hydrogens (tertiary/aromatic N) is 1. The molecule has 3 rings (SSSR count). The molecule has 0 aromatic heterocycles. The van der Waals surface area contributed by atoms with Crippen LogP contribution in [0, 0.1) is 0 Å². The van der Waals surface area contributed by atoms with Crippen LogP contribution in [0.15, 0.2) is 77.8 Å². The SMILES string of the molecule is CNc1ccccc1N=C(CC=O)c1ccccc1OCC(=O)NCC(C)(C)OCC(C)(C)OB=CNCCc1ccc(O)cc1. The van der Waals surface area contributed by atoms with Crippen molar-refractivity contribution in [1.82, 2.24) is 10.6 Å². The summed E-state index contributed by atoms with van der Waals surface area (Å²) < 4.78 is 17.9. The van der Waals surface area contributed by atoms with Crippen molar-refractivity contribution in [3.8, 4) is 11.5 Å². The summed E-state index contributed by atoms with van der Waals surface area (Å²) in [6.07, 6.45) is 3.45. The molecule has 0 atom stereocenters. The summed E-state index contributed by atoms with van der Waals surface area (Å²) in [5.41, 5.74) is 2.56. The van der Waals surface area contributed by atoms with E-state index in [0.29, 0.717) is 29.3 Å². The van der Waals surface area contributed by atoms with E-state index >= 15 is 0 Å². The number of phenols is 1. The zero-order chi connectivity index (χ0) is 33.4. The molecule has 10 nitrogen and oxygen atoms in total. The molecular weight excluding hydrogens is 583 g/mol. The number of rotatable bonds is 19. The fourth-order valence-corrected chi connectivity index (χ4v) is 4.24. The quantitative estimate of drug-likeness (QED) is 0.0664. The summed E-state index contributed by atoms with van der Waals surface area (Å²) in [4.78, 5) is 29.0. The van der Waals surface area contributed by atoms with Crippen LogP contribution in [-0.2, 0) is 25.4 Å². The molecule has 0 unspecified atom stereocenters. The molecule has 0 radical (unpaired) electrons. The Morgan fingerprint density at radius 1 is 0.978 bits per heavy atom. The molecule has 0 saturated heterocycles. The third-order valence-electron chi connectivity index (χ3n) is 6.85. The minimum atomic E-state index is -0.662. The number of phenolic OH excluding ortho intramolecular Hbond substituents is 1. The Hall–Kier alpha value is -4.64. The van der Waals surface area contributed by atoms with Crippen LogP contribution >= 0.6 is 0 Å². The van der Waals surface area contributed by atoms with E-state index in [-0.39, 0.29) is 31.2 Å². The van der Waals surface area contributed by atoms with E-state index in [0.717, 1.165) is 30.5 Å². The normalized spacial score (nSPS) is 11.9. The molecule has 0 fully saturated rings. The molecule has 4 N–H and O–H groups in total. The van der Waals surface area contributed by atoms with Crippen LogP contribution in [0.2, 0.25) is 0 Å². The van der Waals surface area contributed by atoms with Crippen molar-refractivity contribution in [1.29, 1.82) is 0 Å². The Labute approximate surface area is 272 Å². The average molecular weight is 629 g/mol. The van der Waals surface area contributed by atoms with Gasteiger partial charge < -0.3 is 10.1 Å². The van der Waals surface area contributed by atoms with Gasteiger partial charge in [0.1, 0.15) is 6.29 Å². The van der Waals surface area contributed by atoms with E-state index < -0.39 is 11.2 Å². The standard InChI is InChI=1S/C35H45BN4O6/c1-34(2,45-24-35(3,4)46-36-25-38-20-18-26-14-16-27(42)17-15-26)23-39-33(43)22-44-32-13-9-6-10-28(32)29(19-21-41)40-31-12-8-7-11-30(31)37-5/h6-17,21,25,37-38,42H,18-20,22-24H2,1-5H3,(H,39,43). The predicted molar refractivity (Wildman–Crippen MR) is 185 cm³/mol. The van der Waals surface area contributed by atoms with Crippen LogP contribution in [-0.4, -0.2) is 80.8 Å². The topological polar surface area (TPSA) is 131 Å². The Morgan fingerprint density at radius 3 is 2.43 bits per heavy atom. The van der Waals surface area contributed by atoms with Crippen molar-refractivity contribution >= 4 is 42.5 Å².